The smallest absolute Gasteiger partial charge is 0.317 e. The number of carbonyl (C=O) groups excluding carboxylic acids is 2. The Balaban J connectivity index is 2.37. The van der Waals surface area contributed by atoms with Crippen LogP contribution in [0.25, 0.3) is 0 Å². The van der Waals surface area contributed by atoms with Gasteiger partial charge in [-0.3, -0.25) is 9.59 Å². The number of rotatable bonds is 5. The minimum absolute atomic E-state index is 0.0144. The number of likely N-dealkylation sites (tertiary alicyclic amines) is 1. The largest absolute Gasteiger partial charge is 0.481 e. The number of hydrogen-bond donors (Lipinski definition) is 4. The van der Waals surface area contributed by atoms with E-state index in [0.29, 0.717) is 25.9 Å². The van der Waals surface area contributed by atoms with Gasteiger partial charge in [-0.15, -0.1) is 0 Å². The van der Waals surface area contributed by atoms with Crippen LogP contribution in [0.1, 0.15) is 26.2 Å². The van der Waals surface area contributed by atoms with Crippen molar-refractivity contribution in [3.63, 3.8) is 0 Å². The quantitative estimate of drug-likeness (QED) is 0.539. The SMILES string of the molecule is CNC(=O)C1CCN(C(=O)NCC(C)(O)CC(=O)O)CC1. The van der Waals surface area contributed by atoms with Gasteiger partial charge in [0.2, 0.25) is 5.91 Å². The van der Waals surface area contributed by atoms with E-state index in [0.717, 1.165) is 0 Å². The molecule has 0 bridgehead atoms. The molecule has 8 heteroatoms. The highest BCUT2D eigenvalue weighted by Gasteiger charge is 2.29. The number of urea groups is 1. The Morgan fingerprint density at radius 3 is 2.33 bits per heavy atom. The first-order valence-corrected chi connectivity index (χ1v) is 6.94. The average Bonchev–Trinajstić information content (AvgIpc) is 2.43. The van der Waals surface area contributed by atoms with Crippen LogP contribution in [0.4, 0.5) is 4.79 Å². The van der Waals surface area contributed by atoms with E-state index in [9.17, 15) is 19.5 Å². The number of aliphatic carboxylic acids is 1. The molecular formula is C13H23N3O5. The van der Waals surface area contributed by atoms with Gasteiger partial charge in [-0.1, -0.05) is 0 Å². The van der Waals surface area contributed by atoms with Crippen LogP contribution in [0.5, 0.6) is 0 Å². The van der Waals surface area contributed by atoms with Gasteiger partial charge in [-0.25, -0.2) is 4.79 Å². The van der Waals surface area contributed by atoms with Crippen LogP contribution in [0.2, 0.25) is 0 Å². The third kappa shape index (κ3) is 5.58. The van der Waals surface area contributed by atoms with E-state index in [4.69, 9.17) is 5.11 Å². The van der Waals surface area contributed by atoms with Crippen LogP contribution in [-0.4, -0.2) is 65.3 Å². The predicted octanol–water partition coefficient (Wildman–Crippen LogP) is -0.620. The molecule has 1 heterocycles. The number of carboxylic acid groups (broad SMARTS) is 1. The van der Waals surface area contributed by atoms with Gasteiger partial charge in [0, 0.05) is 32.6 Å². The number of nitrogens with one attached hydrogen (secondary N) is 2. The van der Waals surface area contributed by atoms with E-state index in [2.05, 4.69) is 10.6 Å². The maximum atomic E-state index is 11.9. The third-order valence-corrected chi connectivity index (χ3v) is 3.55. The summed E-state index contributed by atoms with van der Waals surface area (Å²) in [5.74, 6) is -1.21. The number of hydrogen-bond acceptors (Lipinski definition) is 4. The summed E-state index contributed by atoms with van der Waals surface area (Å²) in [6.45, 7) is 2.16. The zero-order valence-corrected chi connectivity index (χ0v) is 12.4. The fourth-order valence-electron chi connectivity index (χ4n) is 2.32. The zero-order valence-electron chi connectivity index (χ0n) is 12.4. The first-order valence-electron chi connectivity index (χ1n) is 6.94. The molecule has 0 aliphatic carbocycles. The fraction of sp³-hybridized carbons (Fsp3) is 0.769. The van der Waals surface area contributed by atoms with E-state index in [1.165, 1.54) is 6.92 Å². The minimum atomic E-state index is -1.48. The Labute approximate surface area is 123 Å². The highest BCUT2D eigenvalue weighted by Crippen LogP contribution is 2.17. The normalized spacial score (nSPS) is 18.7. The van der Waals surface area contributed by atoms with Crippen molar-refractivity contribution in [2.45, 2.75) is 31.8 Å². The van der Waals surface area contributed by atoms with E-state index < -0.39 is 18.0 Å². The van der Waals surface area contributed by atoms with Gasteiger partial charge in [0.1, 0.15) is 0 Å². The molecule has 0 aromatic rings. The van der Waals surface area contributed by atoms with Crippen molar-refractivity contribution in [1.82, 2.24) is 15.5 Å². The van der Waals surface area contributed by atoms with Crippen LogP contribution in [0.3, 0.4) is 0 Å². The van der Waals surface area contributed by atoms with Crippen molar-refractivity contribution in [2.24, 2.45) is 5.92 Å². The predicted molar refractivity (Wildman–Crippen MR) is 74.6 cm³/mol. The molecular weight excluding hydrogens is 278 g/mol. The fourth-order valence-corrected chi connectivity index (χ4v) is 2.32. The number of nitrogens with zero attached hydrogens (tertiary/aromatic N) is 1. The number of carbonyl (C=O) groups is 3. The van der Waals surface area contributed by atoms with E-state index in [1.54, 1.807) is 11.9 Å². The van der Waals surface area contributed by atoms with Gasteiger partial charge in [-0.2, -0.15) is 0 Å². The Bertz CT molecular complexity index is 403. The van der Waals surface area contributed by atoms with Crippen molar-refractivity contribution in [1.29, 1.82) is 0 Å². The second kappa shape index (κ2) is 7.26. The lowest BCUT2D eigenvalue weighted by molar-refractivity contribution is -0.141. The van der Waals surface area contributed by atoms with Gasteiger partial charge in [-0.05, 0) is 19.8 Å². The highest BCUT2D eigenvalue weighted by molar-refractivity contribution is 5.79. The number of amides is 3. The van der Waals surface area contributed by atoms with Crippen molar-refractivity contribution in [3.05, 3.63) is 0 Å². The number of piperidine rings is 1. The molecule has 1 unspecified atom stereocenters. The van der Waals surface area contributed by atoms with Crippen molar-refractivity contribution in [2.75, 3.05) is 26.7 Å². The highest BCUT2D eigenvalue weighted by atomic mass is 16.4. The van der Waals surface area contributed by atoms with Crippen LogP contribution in [-0.2, 0) is 9.59 Å². The molecule has 0 saturated carbocycles. The molecule has 0 spiro atoms. The van der Waals surface area contributed by atoms with Crippen LogP contribution in [0.15, 0.2) is 0 Å². The third-order valence-electron chi connectivity index (χ3n) is 3.55. The Morgan fingerprint density at radius 2 is 1.86 bits per heavy atom. The molecule has 0 aromatic carbocycles. The molecule has 0 aromatic heterocycles. The van der Waals surface area contributed by atoms with Gasteiger partial charge >= 0.3 is 12.0 Å². The topological polar surface area (TPSA) is 119 Å². The molecule has 3 amide bonds. The molecule has 1 aliphatic rings. The molecule has 120 valence electrons. The lowest BCUT2D eigenvalue weighted by Gasteiger charge is -2.32. The van der Waals surface area contributed by atoms with Gasteiger partial charge in [0.25, 0.3) is 0 Å². The molecule has 4 N–H and O–H groups in total. The summed E-state index contributed by atoms with van der Waals surface area (Å²) in [5.41, 5.74) is -1.48. The van der Waals surface area contributed by atoms with Gasteiger partial charge < -0.3 is 25.7 Å². The zero-order chi connectivity index (χ0) is 16.0. The average molecular weight is 301 g/mol. The summed E-state index contributed by atoms with van der Waals surface area (Å²) in [5, 5.41) is 23.6. The molecule has 8 nitrogen and oxygen atoms in total. The minimum Gasteiger partial charge on any atom is -0.481 e. The summed E-state index contributed by atoms with van der Waals surface area (Å²) in [6.07, 6.45) is 0.753. The first-order chi connectivity index (χ1) is 9.75. The van der Waals surface area contributed by atoms with E-state index in [1.807, 2.05) is 0 Å². The maximum Gasteiger partial charge on any atom is 0.317 e. The van der Waals surface area contributed by atoms with Crippen LogP contribution in [0, 0.1) is 5.92 Å². The molecule has 1 saturated heterocycles. The lowest BCUT2D eigenvalue weighted by Crippen LogP contribution is -2.50. The van der Waals surface area contributed by atoms with Gasteiger partial charge in [0.15, 0.2) is 0 Å². The monoisotopic (exact) mass is 301 g/mol. The summed E-state index contributed by atoms with van der Waals surface area (Å²) in [6, 6.07) is -0.351. The van der Waals surface area contributed by atoms with Crippen molar-refractivity contribution < 1.29 is 24.6 Å². The van der Waals surface area contributed by atoms with Crippen molar-refractivity contribution >= 4 is 17.9 Å². The molecule has 1 fully saturated rings. The second-order valence-corrected chi connectivity index (χ2v) is 5.60. The first kappa shape index (κ1) is 17.2. The molecule has 1 aliphatic heterocycles. The summed E-state index contributed by atoms with van der Waals surface area (Å²) in [4.78, 5) is 35.6. The molecule has 1 rings (SSSR count). The molecule has 1 atom stereocenters. The Hall–Kier alpha value is -1.83. The van der Waals surface area contributed by atoms with Crippen LogP contribution < -0.4 is 10.6 Å². The summed E-state index contributed by atoms with van der Waals surface area (Å²) in [7, 11) is 1.59. The Morgan fingerprint density at radius 1 is 1.29 bits per heavy atom. The van der Waals surface area contributed by atoms with Crippen molar-refractivity contribution in [3.8, 4) is 0 Å². The number of carboxylic acids is 1. The van der Waals surface area contributed by atoms with E-state index >= 15 is 0 Å². The summed E-state index contributed by atoms with van der Waals surface area (Å²) >= 11 is 0. The van der Waals surface area contributed by atoms with Gasteiger partial charge in [0.05, 0.1) is 12.0 Å². The van der Waals surface area contributed by atoms with Crippen LogP contribution >= 0.6 is 0 Å². The van der Waals surface area contributed by atoms with E-state index in [-0.39, 0.29) is 24.4 Å². The molecule has 21 heavy (non-hydrogen) atoms. The lowest BCUT2D eigenvalue weighted by atomic mass is 9.96. The molecule has 0 radical (unpaired) electrons. The standard InChI is InChI=1S/C13H23N3O5/c1-13(21,7-10(17)18)8-15-12(20)16-5-3-9(4-6-16)11(19)14-2/h9,21H,3-8H2,1-2H3,(H,14,19)(H,15,20)(H,17,18). The number of aliphatic hydroxyl groups is 1. The maximum absolute atomic E-state index is 11.9. The Kier molecular flexibility index (Phi) is 5.95. The second-order valence-electron chi connectivity index (χ2n) is 5.60. The summed E-state index contributed by atoms with van der Waals surface area (Å²) < 4.78 is 0.